The Balaban J connectivity index is 1.84. The van der Waals surface area contributed by atoms with E-state index in [1.165, 1.54) is 4.88 Å². The molecular weight excluding hydrogens is 408 g/mol. The molecule has 0 bridgehead atoms. The quantitative estimate of drug-likeness (QED) is 0.381. The first kappa shape index (κ1) is 21.6. The maximum atomic E-state index is 12.4. The number of carboxylic acids is 1. The summed E-state index contributed by atoms with van der Waals surface area (Å²) in [6, 6.07) is 15.4. The van der Waals surface area contributed by atoms with Gasteiger partial charge in [0.1, 0.15) is 11.5 Å². The molecular formula is C25H28N2O3S. The highest BCUT2D eigenvalue weighted by molar-refractivity contribution is 7.16. The summed E-state index contributed by atoms with van der Waals surface area (Å²) in [7, 11) is 1.80. The predicted octanol–water partition coefficient (Wildman–Crippen LogP) is 5.73. The number of hydrazine groups is 1. The minimum atomic E-state index is -0.869. The number of aryl methyl sites for hydroxylation is 1. The van der Waals surface area contributed by atoms with Crippen molar-refractivity contribution < 1.29 is 14.6 Å². The van der Waals surface area contributed by atoms with Gasteiger partial charge in [-0.2, -0.15) is 0 Å². The zero-order chi connectivity index (χ0) is 22.2. The van der Waals surface area contributed by atoms with E-state index >= 15 is 0 Å². The van der Waals surface area contributed by atoms with Crippen LogP contribution in [-0.2, 0) is 19.4 Å². The van der Waals surface area contributed by atoms with Gasteiger partial charge < -0.3 is 9.84 Å². The molecule has 0 atom stereocenters. The summed E-state index contributed by atoms with van der Waals surface area (Å²) in [4.78, 5) is 14.4. The van der Waals surface area contributed by atoms with Crippen molar-refractivity contribution in [2.75, 3.05) is 7.05 Å². The number of carboxylic acid groups (broad SMARTS) is 1. The van der Waals surface area contributed by atoms with Crippen LogP contribution in [-0.4, -0.2) is 23.1 Å². The van der Waals surface area contributed by atoms with Crippen molar-refractivity contribution in [1.82, 2.24) is 5.01 Å². The number of hydrogen-bond acceptors (Lipinski definition) is 5. The molecule has 1 aromatic heterocycles. The van der Waals surface area contributed by atoms with E-state index in [1.54, 1.807) is 23.4 Å². The number of aromatic carboxylic acids is 1. The third kappa shape index (κ3) is 4.66. The SMILES string of the molecule is CN(N)Cc1ccc(Oc2ccccc2)cc1-c1sc2c(c1C(=O)O)CC(C)(C)CC2. The first-order valence-electron chi connectivity index (χ1n) is 10.4. The fraction of sp³-hybridized carbons (Fsp3) is 0.320. The molecule has 0 saturated carbocycles. The normalized spacial score (nSPS) is 15.0. The highest BCUT2D eigenvalue weighted by atomic mass is 32.1. The third-order valence-electron chi connectivity index (χ3n) is 5.71. The number of rotatable bonds is 6. The molecule has 0 fully saturated rings. The molecule has 0 saturated heterocycles. The Morgan fingerprint density at radius 2 is 1.94 bits per heavy atom. The van der Waals surface area contributed by atoms with Crippen LogP contribution < -0.4 is 10.6 Å². The van der Waals surface area contributed by atoms with E-state index < -0.39 is 5.97 Å². The van der Waals surface area contributed by atoms with Crippen molar-refractivity contribution in [2.24, 2.45) is 11.3 Å². The Labute approximate surface area is 187 Å². The first-order chi connectivity index (χ1) is 14.7. The molecule has 0 amide bonds. The van der Waals surface area contributed by atoms with Gasteiger partial charge in [-0.25, -0.2) is 9.80 Å². The van der Waals surface area contributed by atoms with Gasteiger partial charge in [-0.05, 0) is 60.1 Å². The first-order valence-corrected chi connectivity index (χ1v) is 11.2. The van der Waals surface area contributed by atoms with Crippen LogP contribution in [0.3, 0.4) is 0 Å². The van der Waals surface area contributed by atoms with Gasteiger partial charge in [0, 0.05) is 28.9 Å². The molecule has 2 aromatic carbocycles. The Hall–Kier alpha value is -2.67. The maximum Gasteiger partial charge on any atom is 0.337 e. The number of hydrogen-bond donors (Lipinski definition) is 2. The van der Waals surface area contributed by atoms with E-state index in [9.17, 15) is 9.90 Å². The topological polar surface area (TPSA) is 75.8 Å². The Kier molecular flexibility index (Phi) is 5.88. The molecule has 0 radical (unpaired) electrons. The Morgan fingerprint density at radius 3 is 2.61 bits per heavy atom. The van der Waals surface area contributed by atoms with Crippen molar-refractivity contribution in [1.29, 1.82) is 0 Å². The molecule has 0 aliphatic heterocycles. The van der Waals surface area contributed by atoms with Crippen molar-refractivity contribution in [3.05, 3.63) is 70.1 Å². The van der Waals surface area contributed by atoms with Crippen LogP contribution >= 0.6 is 11.3 Å². The average Bonchev–Trinajstić information content (AvgIpc) is 3.07. The number of fused-ring (bicyclic) bond motifs is 1. The average molecular weight is 437 g/mol. The number of benzene rings is 2. The molecule has 1 aliphatic rings. The number of nitrogens with two attached hydrogens (primary N) is 1. The summed E-state index contributed by atoms with van der Waals surface area (Å²) in [6.07, 6.45) is 2.76. The van der Waals surface area contributed by atoms with E-state index in [4.69, 9.17) is 10.6 Å². The minimum Gasteiger partial charge on any atom is -0.478 e. The molecule has 162 valence electrons. The van der Waals surface area contributed by atoms with E-state index in [0.29, 0.717) is 17.9 Å². The second kappa shape index (κ2) is 8.46. The van der Waals surface area contributed by atoms with Crippen LogP contribution in [0.1, 0.15) is 46.6 Å². The summed E-state index contributed by atoms with van der Waals surface area (Å²) in [5.41, 5.74) is 3.38. The highest BCUT2D eigenvalue weighted by Gasteiger charge is 2.33. The highest BCUT2D eigenvalue weighted by Crippen LogP contribution is 2.46. The third-order valence-corrected chi connectivity index (χ3v) is 7.04. The summed E-state index contributed by atoms with van der Waals surface area (Å²) in [5.74, 6) is 6.50. The van der Waals surface area contributed by atoms with Crippen LogP contribution in [0.25, 0.3) is 10.4 Å². The number of para-hydroxylation sites is 1. The molecule has 1 aliphatic carbocycles. The molecule has 31 heavy (non-hydrogen) atoms. The molecule has 0 spiro atoms. The second-order valence-corrected chi connectivity index (χ2v) is 10.1. The maximum absolute atomic E-state index is 12.4. The lowest BCUT2D eigenvalue weighted by Crippen LogP contribution is -2.25. The van der Waals surface area contributed by atoms with Crippen molar-refractivity contribution >= 4 is 17.3 Å². The Morgan fingerprint density at radius 1 is 1.19 bits per heavy atom. The fourth-order valence-electron chi connectivity index (χ4n) is 4.20. The number of thiophene rings is 1. The largest absolute Gasteiger partial charge is 0.478 e. The van der Waals surface area contributed by atoms with Crippen molar-refractivity contribution in [3.8, 4) is 21.9 Å². The number of nitrogens with zero attached hydrogens (tertiary/aromatic N) is 1. The van der Waals surface area contributed by atoms with E-state index in [0.717, 1.165) is 46.6 Å². The summed E-state index contributed by atoms with van der Waals surface area (Å²) in [6.45, 7) is 4.93. The summed E-state index contributed by atoms with van der Waals surface area (Å²) in [5, 5.41) is 11.8. The summed E-state index contributed by atoms with van der Waals surface area (Å²) >= 11 is 1.60. The van der Waals surface area contributed by atoms with Gasteiger partial charge >= 0.3 is 5.97 Å². The Bertz CT molecular complexity index is 1100. The standard InChI is InChI=1S/C25H28N2O3S/c1-25(2)12-11-21-20(14-25)22(24(28)29)23(31-21)19-13-18(10-9-16(19)15-27(3)26)30-17-7-5-4-6-8-17/h4-10,13H,11-12,14-15,26H2,1-3H3,(H,28,29). The van der Waals surface area contributed by atoms with E-state index in [1.807, 2.05) is 48.5 Å². The van der Waals surface area contributed by atoms with Crippen LogP contribution in [0.2, 0.25) is 0 Å². The second-order valence-electron chi connectivity index (χ2n) is 9.00. The molecule has 1 heterocycles. The lowest BCUT2D eigenvalue weighted by molar-refractivity contribution is 0.0696. The molecule has 6 heteroatoms. The molecule has 0 unspecified atom stereocenters. The summed E-state index contributed by atoms with van der Waals surface area (Å²) < 4.78 is 6.05. The molecule has 3 aromatic rings. The minimum absolute atomic E-state index is 0.105. The van der Waals surface area contributed by atoms with Gasteiger partial charge in [0.05, 0.1) is 5.56 Å². The van der Waals surface area contributed by atoms with Crippen molar-refractivity contribution in [2.45, 2.75) is 39.7 Å². The van der Waals surface area contributed by atoms with Crippen LogP contribution in [0.4, 0.5) is 0 Å². The van der Waals surface area contributed by atoms with Crippen LogP contribution in [0.5, 0.6) is 11.5 Å². The van der Waals surface area contributed by atoms with Gasteiger partial charge in [-0.15, -0.1) is 11.3 Å². The van der Waals surface area contributed by atoms with Gasteiger partial charge in [0.15, 0.2) is 0 Å². The lowest BCUT2D eigenvalue weighted by Gasteiger charge is -2.29. The van der Waals surface area contributed by atoms with Crippen LogP contribution in [0, 0.1) is 5.41 Å². The van der Waals surface area contributed by atoms with Gasteiger partial charge in [-0.3, -0.25) is 5.84 Å². The van der Waals surface area contributed by atoms with Crippen LogP contribution in [0.15, 0.2) is 48.5 Å². The number of carbonyl (C=O) groups is 1. The zero-order valence-corrected chi connectivity index (χ0v) is 19.0. The molecule has 4 rings (SSSR count). The molecule has 3 N–H and O–H groups in total. The van der Waals surface area contributed by atoms with E-state index in [-0.39, 0.29) is 5.41 Å². The fourth-order valence-corrected chi connectivity index (χ4v) is 5.56. The van der Waals surface area contributed by atoms with Gasteiger partial charge in [-0.1, -0.05) is 38.1 Å². The van der Waals surface area contributed by atoms with E-state index in [2.05, 4.69) is 13.8 Å². The smallest absolute Gasteiger partial charge is 0.337 e. The van der Waals surface area contributed by atoms with Crippen molar-refractivity contribution in [3.63, 3.8) is 0 Å². The number of ether oxygens (including phenoxy) is 1. The molecule has 5 nitrogen and oxygen atoms in total. The zero-order valence-electron chi connectivity index (χ0n) is 18.1. The van der Waals surface area contributed by atoms with Gasteiger partial charge in [0.25, 0.3) is 0 Å². The van der Waals surface area contributed by atoms with Gasteiger partial charge in [0.2, 0.25) is 0 Å². The monoisotopic (exact) mass is 436 g/mol. The lowest BCUT2D eigenvalue weighted by atomic mass is 9.76. The predicted molar refractivity (Wildman–Crippen MR) is 125 cm³/mol.